The van der Waals surface area contributed by atoms with E-state index in [2.05, 4.69) is 0 Å². The number of sulfonamides is 1. The largest absolute Gasteiger partial charge is 0.501 e. The topological polar surface area (TPSA) is 124 Å². The summed E-state index contributed by atoms with van der Waals surface area (Å²) in [6, 6.07) is 11.5. The van der Waals surface area contributed by atoms with Crippen molar-refractivity contribution in [3.8, 4) is 0 Å². The molecule has 8 nitrogen and oxygen atoms in total. The molecule has 0 spiro atoms. The fourth-order valence-corrected chi connectivity index (χ4v) is 6.33. The Hall–Kier alpha value is -2.13. The van der Waals surface area contributed by atoms with Crippen LogP contribution in [0.1, 0.15) is 12.0 Å². The predicted molar refractivity (Wildman–Crippen MR) is 127 cm³/mol. The van der Waals surface area contributed by atoms with Crippen LogP contribution < -0.4 is 5.14 Å². The average molecular weight is 567 g/mol. The first-order chi connectivity index (χ1) is 16.8. The van der Waals surface area contributed by atoms with Crippen molar-refractivity contribution in [1.29, 1.82) is 0 Å². The Bertz CT molecular complexity index is 1280. The van der Waals surface area contributed by atoms with Crippen LogP contribution >= 0.6 is 11.8 Å². The van der Waals surface area contributed by atoms with Gasteiger partial charge in [0, 0.05) is 30.2 Å². The molecule has 2 aromatic rings. The summed E-state index contributed by atoms with van der Waals surface area (Å²) in [5.41, 5.74) is -5.90. The van der Waals surface area contributed by atoms with Crippen LogP contribution in [0, 0.1) is 5.92 Å². The van der Waals surface area contributed by atoms with Crippen LogP contribution in [0.25, 0.3) is 0 Å². The molecule has 0 aliphatic carbocycles. The number of sulfone groups is 1. The van der Waals surface area contributed by atoms with E-state index in [9.17, 15) is 34.8 Å². The Morgan fingerprint density at radius 2 is 1.69 bits per heavy atom. The minimum absolute atomic E-state index is 0.0394. The highest BCUT2D eigenvalue weighted by Crippen LogP contribution is 2.35. The summed E-state index contributed by atoms with van der Waals surface area (Å²) in [4.78, 5) is 13.4. The van der Waals surface area contributed by atoms with Crippen LogP contribution in [0.2, 0.25) is 0 Å². The van der Waals surface area contributed by atoms with E-state index in [1.165, 1.54) is 11.8 Å². The van der Waals surface area contributed by atoms with Gasteiger partial charge in [0.1, 0.15) is 0 Å². The highest BCUT2D eigenvalue weighted by atomic mass is 32.2. The van der Waals surface area contributed by atoms with E-state index in [0.717, 1.165) is 17.0 Å². The molecule has 0 saturated carbocycles. The van der Waals surface area contributed by atoms with Gasteiger partial charge in [0.15, 0.2) is 0 Å². The lowest BCUT2D eigenvalue weighted by Gasteiger charge is -2.29. The third-order valence-electron chi connectivity index (χ3n) is 5.53. The van der Waals surface area contributed by atoms with E-state index in [0.29, 0.717) is 38.1 Å². The molecule has 1 saturated heterocycles. The van der Waals surface area contributed by atoms with Crippen molar-refractivity contribution in [2.24, 2.45) is 11.1 Å². The van der Waals surface area contributed by atoms with Gasteiger partial charge in [0.05, 0.1) is 23.0 Å². The van der Waals surface area contributed by atoms with Gasteiger partial charge in [-0.05, 0) is 42.2 Å². The molecule has 1 heterocycles. The van der Waals surface area contributed by atoms with Crippen molar-refractivity contribution >= 4 is 37.5 Å². The van der Waals surface area contributed by atoms with Crippen LogP contribution in [0.4, 0.5) is 13.2 Å². The van der Waals surface area contributed by atoms with Gasteiger partial charge in [-0.3, -0.25) is 4.79 Å². The molecule has 1 aliphatic heterocycles. The van der Waals surface area contributed by atoms with E-state index >= 15 is 0 Å². The molecular weight excluding hydrogens is 541 g/mol. The quantitative estimate of drug-likeness (QED) is 0.463. The number of benzene rings is 2. The van der Waals surface area contributed by atoms with Crippen molar-refractivity contribution in [1.82, 2.24) is 4.90 Å². The summed E-state index contributed by atoms with van der Waals surface area (Å²) in [5, 5.41) is 5.02. The SMILES string of the molecule is NS(=O)(=O)c1ccc(C[C@@H](CSc2ccccc2)CC(=O)N2CCOCC2)c(S(=O)(=O)C(F)(F)F)c1. The summed E-state index contributed by atoms with van der Waals surface area (Å²) < 4.78 is 93.7. The van der Waals surface area contributed by atoms with Crippen molar-refractivity contribution in [3.05, 3.63) is 54.1 Å². The van der Waals surface area contributed by atoms with Gasteiger partial charge < -0.3 is 9.64 Å². The number of ether oxygens (including phenoxy) is 1. The fraction of sp³-hybridized carbons (Fsp3) is 0.409. The Morgan fingerprint density at radius 1 is 1.06 bits per heavy atom. The van der Waals surface area contributed by atoms with Crippen molar-refractivity contribution < 1.29 is 39.5 Å². The first-order valence-electron chi connectivity index (χ1n) is 10.8. The predicted octanol–water partition coefficient (Wildman–Crippen LogP) is 2.83. The number of nitrogens with two attached hydrogens (primary N) is 1. The Labute approximate surface area is 212 Å². The number of amides is 1. The molecule has 1 atom stereocenters. The molecule has 3 rings (SSSR count). The Morgan fingerprint density at radius 3 is 2.28 bits per heavy atom. The van der Waals surface area contributed by atoms with Crippen LogP contribution in [0.5, 0.6) is 0 Å². The number of hydrogen-bond acceptors (Lipinski definition) is 7. The normalized spacial score (nSPS) is 16.1. The maximum Gasteiger partial charge on any atom is 0.501 e. The number of carbonyl (C=O) groups excluding carboxylic acids is 1. The van der Waals surface area contributed by atoms with Crippen molar-refractivity contribution in [2.45, 2.75) is 33.0 Å². The lowest BCUT2D eigenvalue weighted by Crippen LogP contribution is -2.41. The molecule has 2 N–H and O–H groups in total. The number of nitrogens with zero attached hydrogens (tertiary/aromatic N) is 1. The summed E-state index contributed by atoms with van der Waals surface area (Å²) in [5.74, 6) is -0.464. The monoisotopic (exact) mass is 566 g/mol. The van der Waals surface area contributed by atoms with Gasteiger partial charge in [-0.25, -0.2) is 22.0 Å². The number of carbonyl (C=O) groups is 1. The first kappa shape index (κ1) is 28.4. The van der Waals surface area contributed by atoms with Gasteiger partial charge in [-0.2, -0.15) is 13.2 Å². The summed E-state index contributed by atoms with van der Waals surface area (Å²) >= 11 is 1.38. The van der Waals surface area contributed by atoms with E-state index in [4.69, 9.17) is 9.88 Å². The highest BCUT2D eigenvalue weighted by molar-refractivity contribution is 7.99. The van der Waals surface area contributed by atoms with Crippen molar-refractivity contribution in [2.75, 3.05) is 32.1 Å². The average Bonchev–Trinajstić information content (AvgIpc) is 2.82. The number of thioether (sulfide) groups is 1. The first-order valence-corrected chi connectivity index (χ1v) is 14.8. The van der Waals surface area contributed by atoms with Gasteiger partial charge in [0.25, 0.3) is 9.84 Å². The molecule has 198 valence electrons. The summed E-state index contributed by atoms with van der Waals surface area (Å²) in [7, 11) is -10.4. The van der Waals surface area contributed by atoms with Gasteiger partial charge in [0.2, 0.25) is 15.9 Å². The van der Waals surface area contributed by atoms with E-state index < -0.39 is 41.1 Å². The molecule has 1 amide bonds. The summed E-state index contributed by atoms with van der Waals surface area (Å²) in [6.07, 6.45) is -0.242. The van der Waals surface area contributed by atoms with Crippen LogP contribution in [-0.2, 0) is 35.8 Å². The van der Waals surface area contributed by atoms with Gasteiger partial charge >= 0.3 is 5.51 Å². The Kier molecular flexibility index (Phi) is 9.09. The minimum atomic E-state index is -5.89. The number of alkyl halides is 3. The minimum Gasteiger partial charge on any atom is -0.378 e. The number of rotatable bonds is 9. The van der Waals surface area contributed by atoms with Crippen LogP contribution in [0.3, 0.4) is 0 Å². The molecule has 0 aromatic heterocycles. The van der Waals surface area contributed by atoms with E-state index in [1.807, 2.05) is 30.3 Å². The number of primary sulfonamides is 1. The van der Waals surface area contributed by atoms with Crippen molar-refractivity contribution in [3.63, 3.8) is 0 Å². The summed E-state index contributed by atoms with van der Waals surface area (Å²) in [6.45, 7) is 1.51. The second-order valence-corrected chi connectivity index (χ2v) is 12.7. The zero-order chi connectivity index (χ0) is 26.6. The molecule has 36 heavy (non-hydrogen) atoms. The fourth-order valence-electron chi connectivity index (χ4n) is 3.68. The molecule has 2 aromatic carbocycles. The molecule has 1 aliphatic rings. The van der Waals surface area contributed by atoms with E-state index in [1.54, 1.807) is 4.90 Å². The second-order valence-electron chi connectivity index (χ2n) is 8.16. The maximum atomic E-state index is 13.4. The zero-order valence-corrected chi connectivity index (χ0v) is 21.4. The molecule has 14 heteroatoms. The Balaban J connectivity index is 1.96. The number of hydrogen-bond donors (Lipinski definition) is 1. The van der Waals surface area contributed by atoms with E-state index in [-0.39, 0.29) is 24.3 Å². The molecule has 1 fully saturated rings. The van der Waals surface area contributed by atoms with Gasteiger partial charge in [-0.1, -0.05) is 24.3 Å². The maximum absolute atomic E-state index is 13.4. The van der Waals surface area contributed by atoms with Crippen LogP contribution in [-0.4, -0.2) is 65.2 Å². The van der Waals surface area contributed by atoms with Crippen LogP contribution in [0.15, 0.2) is 63.2 Å². The lowest BCUT2D eigenvalue weighted by atomic mass is 9.97. The zero-order valence-electron chi connectivity index (χ0n) is 19.0. The molecule has 0 unspecified atom stereocenters. The molecule has 0 bridgehead atoms. The third-order valence-corrected chi connectivity index (χ3v) is 9.25. The smallest absolute Gasteiger partial charge is 0.378 e. The second kappa shape index (κ2) is 11.5. The molecular formula is C22H25F3N2O6S3. The highest BCUT2D eigenvalue weighted by Gasteiger charge is 2.48. The number of morpholine rings is 1. The molecule has 0 radical (unpaired) electrons. The van der Waals surface area contributed by atoms with Gasteiger partial charge in [-0.15, -0.1) is 11.8 Å². The third kappa shape index (κ3) is 7.22. The standard InChI is InChI=1S/C22H25F3N2O6S3/c23-22(24,25)35(29,30)20-14-19(36(26,31)32)7-6-17(20)12-16(15-34-18-4-2-1-3-5-18)13-21(28)27-8-10-33-11-9-27/h1-7,14,16H,8-13,15H2,(H2,26,31,32)/t16-/m1/s1. The number of halogens is 3. The lowest BCUT2D eigenvalue weighted by molar-refractivity contribution is -0.136.